The average Bonchev–Trinajstić information content (AvgIpc) is 2.30. The molecule has 0 radical (unpaired) electrons. The highest BCUT2D eigenvalue weighted by Gasteiger charge is 2.38. The van der Waals surface area contributed by atoms with E-state index in [0.717, 1.165) is 12.0 Å². The van der Waals surface area contributed by atoms with E-state index in [2.05, 4.69) is 47.6 Å². The molecule has 1 aliphatic carbocycles. The average molecular weight is 216 g/mol. The van der Waals surface area contributed by atoms with Crippen molar-refractivity contribution in [2.45, 2.75) is 31.3 Å². The van der Waals surface area contributed by atoms with Gasteiger partial charge in [0.15, 0.2) is 0 Å². The van der Waals surface area contributed by atoms with Crippen LogP contribution in [0.25, 0.3) is 0 Å². The molecule has 2 bridgehead atoms. The van der Waals surface area contributed by atoms with Crippen molar-refractivity contribution in [1.82, 2.24) is 4.90 Å². The minimum atomic E-state index is 0.653. The zero-order chi connectivity index (χ0) is 11.0. The number of rotatable bonds is 2. The molecule has 2 aliphatic heterocycles. The largest absolute Gasteiger partial charge is 0.381 e. The van der Waals surface area contributed by atoms with Crippen LogP contribution < -0.4 is 5.32 Å². The lowest BCUT2D eigenvalue weighted by Crippen LogP contribution is -2.56. The van der Waals surface area contributed by atoms with Gasteiger partial charge >= 0.3 is 0 Å². The van der Waals surface area contributed by atoms with E-state index in [1.165, 1.54) is 31.5 Å². The zero-order valence-electron chi connectivity index (χ0n) is 9.89. The second-order valence-electron chi connectivity index (χ2n) is 5.30. The first kappa shape index (κ1) is 10.2. The van der Waals surface area contributed by atoms with E-state index in [0.29, 0.717) is 6.04 Å². The van der Waals surface area contributed by atoms with Gasteiger partial charge in [-0.3, -0.25) is 0 Å². The van der Waals surface area contributed by atoms with Crippen LogP contribution in [0.5, 0.6) is 0 Å². The maximum Gasteiger partial charge on any atom is 0.0419 e. The predicted molar refractivity (Wildman–Crippen MR) is 67.6 cm³/mol. The molecule has 0 unspecified atom stereocenters. The number of likely N-dealkylation sites (N-methyl/N-ethyl adjacent to an activating group) is 1. The summed E-state index contributed by atoms with van der Waals surface area (Å²) in [5.74, 6) is 0.913. The number of nitrogens with zero attached hydrogens (tertiary/aromatic N) is 1. The lowest BCUT2D eigenvalue weighted by Gasteiger charge is -2.49. The van der Waals surface area contributed by atoms with Gasteiger partial charge in [-0.05, 0) is 44.4 Å². The number of hydrogen-bond donors (Lipinski definition) is 1. The van der Waals surface area contributed by atoms with Gasteiger partial charge in [0.2, 0.25) is 0 Å². The molecule has 1 saturated carbocycles. The molecule has 2 heterocycles. The molecule has 1 N–H and O–H groups in total. The van der Waals surface area contributed by atoms with Crippen LogP contribution in [0.3, 0.4) is 0 Å². The molecule has 16 heavy (non-hydrogen) atoms. The van der Waals surface area contributed by atoms with E-state index in [9.17, 15) is 0 Å². The monoisotopic (exact) mass is 216 g/mol. The van der Waals surface area contributed by atoms with Crippen molar-refractivity contribution in [2.24, 2.45) is 5.92 Å². The summed E-state index contributed by atoms with van der Waals surface area (Å²) in [5, 5.41) is 3.70. The van der Waals surface area contributed by atoms with Crippen molar-refractivity contribution >= 4 is 5.69 Å². The molecule has 86 valence electrons. The highest BCUT2D eigenvalue weighted by Crippen LogP contribution is 2.35. The summed E-state index contributed by atoms with van der Waals surface area (Å²) in [6.07, 6.45) is 4.15. The van der Waals surface area contributed by atoms with Gasteiger partial charge in [-0.1, -0.05) is 18.2 Å². The Bertz CT molecular complexity index is 349. The van der Waals surface area contributed by atoms with Crippen molar-refractivity contribution < 1.29 is 0 Å². The van der Waals surface area contributed by atoms with Gasteiger partial charge in [-0.2, -0.15) is 0 Å². The number of fused-ring (bicyclic) bond motifs is 3. The Morgan fingerprint density at radius 1 is 1.19 bits per heavy atom. The Labute approximate surface area is 97.6 Å². The topological polar surface area (TPSA) is 15.3 Å². The van der Waals surface area contributed by atoms with Crippen LogP contribution in [0.1, 0.15) is 19.3 Å². The number of piperidine rings is 2. The molecule has 3 fully saturated rings. The number of nitrogens with one attached hydrogen (secondary N) is 1. The third-order valence-corrected chi connectivity index (χ3v) is 4.16. The van der Waals surface area contributed by atoms with Crippen LogP contribution in [-0.4, -0.2) is 30.6 Å². The summed E-state index contributed by atoms with van der Waals surface area (Å²) >= 11 is 0. The van der Waals surface area contributed by atoms with E-state index < -0.39 is 0 Å². The van der Waals surface area contributed by atoms with Crippen LogP contribution in [0.2, 0.25) is 0 Å². The van der Waals surface area contributed by atoms with Crippen LogP contribution >= 0.6 is 0 Å². The highest BCUT2D eigenvalue weighted by molar-refractivity contribution is 5.44. The summed E-state index contributed by atoms with van der Waals surface area (Å²) < 4.78 is 0. The molecule has 0 spiro atoms. The van der Waals surface area contributed by atoms with Crippen molar-refractivity contribution in [3.63, 3.8) is 0 Å². The van der Waals surface area contributed by atoms with E-state index in [4.69, 9.17) is 0 Å². The molecule has 3 aliphatic rings. The maximum absolute atomic E-state index is 3.70. The van der Waals surface area contributed by atoms with Gasteiger partial charge in [0, 0.05) is 24.3 Å². The van der Waals surface area contributed by atoms with Gasteiger partial charge in [-0.15, -0.1) is 0 Å². The van der Waals surface area contributed by atoms with Crippen LogP contribution in [0.4, 0.5) is 5.69 Å². The SMILES string of the molecule is CN1C[C@@H]2CC[C@@H]1[C@@H](Nc1ccccc1)C2. The Balaban J connectivity index is 1.72. The van der Waals surface area contributed by atoms with Crippen molar-refractivity contribution in [1.29, 1.82) is 0 Å². The molecule has 2 saturated heterocycles. The molecule has 2 heteroatoms. The van der Waals surface area contributed by atoms with Gasteiger partial charge in [0.05, 0.1) is 0 Å². The fourth-order valence-electron chi connectivity index (χ4n) is 3.38. The Morgan fingerprint density at radius 3 is 2.69 bits per heavy atom. The maximum atomic E-state index is 3.70. The molecule has 2 nitrogen and oxygen atoms in total. The summed E-state index contributed by atoms with van der Waals surface area (Å²) in [4.78, 5) is 2.54. The van der Waals surface area contributed by atoms with Crippen LogP contribution in [0.15, 0.2) is 30.3 Å². The first-order valence-corrected chi connectivity index (χ1v) is 6.35. The molecular weight excluding hydrogens is 196 g/mol. The number of hydrogen-bond acceptors (Lipinski definition) is 2. The normalized spacial score (nSPS) is 33.9. The second kappa shape index (κ2) is 4.10. The highest BCUT2D eigenvalue weighted by atomic mass is 15.2. The van der Waals surface area contributed by atoms with Gasteiger partial charge in [0.1, 0.15) is 0 Å². The van der Waals surface area contributed by atoms with E-state index >= 15 is 0 Å². The summed E-state index contributed by atoms with van der Waals surface area (Å²) in [5.41, 5.74) is 1.27. The van der Waals surface area contributed by atoms with Crippen molar-refractivity contribution in [3.05, 3.63) is 30.3 Å². The fourth-order valence-corrected chi connectivity index (χ4v) is 3.38. The fraction of sp³-hybridized carbons (Fsp3) is 0.571. The minimum Gasteiger partial charge on any atom is -0.381 e. The zero-order valence-corrected chi connectivity index (χ0v) is 9.89. The Kier molecular flexibility index (Phi) is 2.60. The number of anilines is 1. The van der Waals surface area contributed by atoms with Gasteiger partial charge in [0.25, 0.3) is 0 Å². The standard InChI is InChI=1S/C14H20N2/c1-16-10-11-7-8-14(16)13(9-11)15-12-5-3-2-4-6-12/h2-6,11,13-15H,7-10H2,1H3/t11-,13+,14-/m1/s1. The van der Waals surface area contributed by atoms with Crippen molar-refractivity contribution in [2.75, 3.05) is 18.9 Å². The summed E-state index contributed by atoms with van der Waals surface area (Å²) in [6.45, 7) is 1.30. The van der Waals surface area contributed by atoms with E-state index in [-0.39, 0.29) is 0 Å². The molecule has 0 amide bonds. The van der Waals surface area contributed by atoms with Gasteiger partial charge in [-0.25, -0.2) is 0 Å². The summed E-state index contributed by atoms with van der Waals surface area (Å²) in [7, 11) is 2.27. The third kappa shape index (κ3) is 1.82. The van der Waals surface area contributed by atoms with E-state index in [1.54, 1.807) is 0 Å². The first-order chi connectivity index (χ1) is 7.83. The summed E-state index contributed by atoms with van der Waals surface area (Å²) in [6, 6.07) is 12.0. The van der Waals surface area contributed by atoms with Gasteiger partial charge < -0.3 is 10.2 Å². The molecule has 1 aromatic rings. The number of benzene rings is 1. The second-order valence-corrected chi connectivity index (χ2v) is 5.30. The van der Waals surface area contributed by atoms with Crippen LogP contribution in [-0.2, 0) is 0 Å². The Morgan fingerprint density at radius 2 is 2.00 bits per heavy atom. The lowest BCUT2D eigenvalue weighted by molar-refractivity contribution is 0.0610. The predicted octanol–water partition coefficient (Wildman–Crippen LogP) is 2.58. The molecular formula is C14H20N2. The smallest absolute Gasteiger partial charge is 0.0419 e. The van der Waals surface area contributed by atoms with Crippen LogP contribution in [0, 0.1) is 5.92 Å². The van der Waals surface area contributed by atoms with E-state index in [1.807, 2.05) is 0 Å². The minimum absolute atomic E-state index is 0.653. The lowest BCUT2D eigenvalue weighted by atomic mass is 9.77. The van der Waals surface area contributed by atoms with Crippen molar-refractivity contribution in [3.8, 4) is 0 Å². The quantitative estimate of drug-likeness (QED) is 0.817. The number of para-hydroxylation sites is 1. The molecule has 1 aromatic carbocycles. The third-order valence-electron chi connectivity index (χ3n) is 4.16. The first-order valence-electron chi connectivity index (χ1n) is 6.35. The molecule has 4 rings (SSSR count). The molecule has 3 atom stereocenters. The molecule has 0 aromatic heterocycles. The Hall–Kier alpha value is -1.02.